The molecule has 4 atom stereocenters. The van der Waals surface area contributed by atoms with Crippen LogP contribution in [-0.4, -0.2) is 77.0 Å². The monoisotopic (exact) mass is 638 g/mol. The number of halogens is 1. The first-order valence-electron chi connectivity index (χ1n) is 16.4. The summed E-state index contributed by atoms with van der Waals surface area (Å²) in [5.74, 6) is 2.13. The Morgan fingerprint density at radius 2 is 1.62 bits per heavy atom. The minimum Gasteiger partial charge on any atom is -0.457 e. The van der Waals surface area contributed by atoms with Gasteiger partial charge in [-0.25, -0.2) is 0 Å². The summed E-state index contributed by atoms with van der Waals surface area (Å²) in [5, 5.41) is 16.9. The Morgan fingerprint density at radius 3 is 2.20 bits per heavy atom. The van der Waals surface area contributed by atoms with E-state index in [9.17, 15) is 19.5 Å². The molecule has 0 radical (unpaired) electrons. The molecule has 244 valence electrons. The number of hydrogen-bond donors (Lipinski definition) is 3. The molecular formula is C35H47ClN4O5. The second-order valence-corrected chi connectivity index (χ2v) is 13.4. The van der Waals surface area contributed by atoms with E-state index < -0.39 is 17.7 Å². The van der Waals surface area contributed by atoms with Crippen molar-refractivity contribution in [2.24, 2.45) is 17.8 Å². The van der Waals surface area contributed by atoms with Gasteiger partial charge in [0, 0.05) is 38.8 Å². The molecule has 6 rings (SSSR count). The summed E-state index contributed by atoms with van der Waals surface area (Å²) in [6, 6.07) is 14.2. The predicted molar refractivity (Wildman–Crippen MR) is 174 cm³/mol. The van der Waals surface area contributed by atoms with Crippen LogP contribution >= 0.6 is 12.4 Å². The van der Waals surface area contributed by atoms with Gasteiger partial charge in [0.05, 0.1) is 6.10 Å². The molecule has 45 heavy (non-hydrogen) atoms. The first-order chi connectivity index (χ1) is 21.3. The van der Waals surface area contributed by atoms with Crippen LogP contribution in [0.15, 0.2) is 48.5 Å². The van der Waals surface area contributed by atoms with Crippen molar-refractivity contribution < 1.29 is 24.2 Å². The lowest BCUT2D eigenvalue weighted by Crippen LogP contribution is -2.75. The number of likely N-dealkylation sites (tertiary alicyclic amines) is 1. The molecule has 2 aliphatic heterocycles. The third-order valence-electron chi connectivity index (χ3n) is 10.5. The highest BCUT2D eigenvalue weighted by molar-refractivity contribution is 6.00. The van der Waals surface area contributed by atoms with Gasteiger partial charge >= 0.3 is 0 Å². The van der Waals surface area contributed by atoms with Crippen molar-refractivity contribution in [1.29, 1.82) is 0 Å². The quantitative estimate of drug-likeness (QED) is 0.373. The second-order valence-electron chi connectivity index (χ2n) is 13.4. The van der Waals surface area contributed by atoms with Crippen LogP contribution in [0.4, 0.5) is 0 Å². The number of nitrogens with zero attached hydrogens (tertiary/aromatic N) is 2. The van der Waals surface area contributed by atoms with Gasteiger partial charge in [0.1, 0.15) is 23.1 Å². The minimum atomic E-state index is -0.844. The molecule has 2 aliphatic carbocycles. The summed E-state index contributed by atoms with van der Waals surface area (Å²) in [4.78, 5) is 43.9. The number of rotatable bonds is 9. The molecule has 9 nitrogen and oxygen atoms in total. The summed E-state index contributed by atoms with van der Waals surface area (Å²) < 4.78 is 5.96. The van der Waals surface area contributed by atoms with Gasteiger partial charge in [0.15, 0.2) is 0 Å². The number of nitrogens with one attached hydrogen (secondary N) is 2. The molecule has 2 aromatic rings. The number of piperazine rings is 1. The molecule has 4 fully saturated rings. The number of piperidine rings is 1. The van der Waals surface area contributed by atoms with Crippen molar-refractivity contribution in [3.8, 4) is 11.5 Å². The molecule has 0 unspecified atom stereocenters. The van der Waals surface area contributed by atoms with Gasteiger partial charge in [-0.1, -0.05) is 38.3 Å². The lowest BCUT2D eigenvalue weighted by molar-refractivity contribution is -0.166. The molecule has 2 aromatic carbocycles. The van der Waals surface area contributed by atoms with Crippen LogP contribution in [-0.2, 0) is 16.1 Å². The maximum atomic E-state index is 14.0. The van der Waals surface area contributed by atoms with Gasteiger partial charge in [0.2, 0.25) is 11.8 Å². The van der Waals surface area contributed by atoms with Gasteiger partial charge < -0.3 is 25.4 Å². The summed E-state index contributed by atoms with van der Waals surface area (Å²) in [6.45, 7) is 4.99. The second kappa shape index (κ2) is 14.1. The van der Waals surface area contributed by atoms with Gasteiger partial charge in [0.25, 0.3) is 5.91 Å². The van der Waals surface area contributed by atoms with Crippen LogP contribution in [0.1, 0.15) is 74.2 Å². The van der Waals surface area contributed by atoms with E-state index >= 15 is 0 Å². The van der Waals surface area contributed by atoms with Crippen molar-refractivity contribution in [2.75, 3.05) is 26.7 Å². The molecule has 1 spiro atoms. The molecule has 2 saturated heterocycles. The average molecular weight is 639 g/mol. The van der Waals surface area contributed by atoms with Gasteiger partial charge in [-0.2, -0.15) is 0 Å². The topological polar surface area (TPSA) is 111 Å². The Balaban J connectivity index is 0.00000400. The molecular weight excluding hydrogens is 592 g/mol. The van der Waals surface area contributed by atoms with Gasteiger partial charge in [-0.05, 0) is 91.8 Å². The largest absolute Gasteiger partial charge is 0.457 e. The van der Waals surface area contributed by atoms with Gasteiger partial charge in [-0.3, -0.25) is 19.3 Å². The van der Waals surface area contributed by atoms with E-state index in [1.54, 1.807) is 31.3 Å². The molecule has 4 aliphatic rings. The Kier molecular flexibility index (Phi) is 10.4. The van der Waals surface area contributed by atoms with Crippen molar-refractivity contribution >= 4 is 30.1 Å². The number of carbonyl (C=O) groups excluding carboxylic acids is 3. The fourth-order valence-corrected chi connectivity index (χ4v) is 7.42. The number of aliphatic hydroxyl groups is 1. The third kappa shape index (κ3) is 7.16. The third-order valence-corrected chi connectivity index (χ3v) is 10.5. The zero-order valence-electron chi connectivity index (χ0n) is 26.4. The maximum Gasteiger partial charge on any atom is 0.251 e. The van der Waals surface area contributed by atoms with E-state index in [1.165, 1.54) is 6.42 Å². The Morgan fingerprint density at radius 1 is 1.02 bits per heavy atom. The van der Waals surface area contributed by atoms with Gasteiger partial charge in [-0.15, -0.1) is 12.4 Å². The Labute approximate surface area is 272 Å². The maximum absolute atomic E-state index is 14.0. The van der Waals surface area contributed by atoms with Crippen molar-refractivity contribution in [3.05, 3.63) is 59.7 Å². The summed E-state index contributed by atoms with van der Waals surface area (Å²) in [7, 11) is 1.60. The SMILES string of the molecule is CNC(=O)c1ccc(Oc2ccc(CN3CCC4(CC3)C(=O)N[C@H]([C@H](O)C3CCCCC3)C(=O)N4C[C@@H]3C[C@H]3C)cc2)cc1.Cl. The van der Waals surface area contributed by atoms with Crippen LogP contribution in [0.2, 0.25) is 0 Å². The van der Waals surface area contributed by atoms with E-state index in [1.807, 2.05) is 29.2 Å². The molecule has 0 bridgehead atoms. The number of hydrogen-bond acceptors (Lipinski definition) is 6. The summed E-state index contributed by atoms with van der Waals surface area (Å²) in [6.07, 6.45) is 6.60. The summed E-state index contributed by atoms with van der Waals surface area (Å²) in [5.41, 5.74) is 0.881. The predicted octanol–water partition coefficient (Wildman–Crippen LogP) is 4.52. The molecule has 3 amide bonds. The highest BCUT2D eigenvalue weighted by Crippen LogP contribution is 2.43. The smallest absolute Gasteiger partial charge is 0.251 e. The highest BCUT2D eigenvalue weighted by atomic mass is 35.5. The number of amides is 3. The van der Waals surface area contributed by atoms with Crippen LogP contribution in [0.5, 0.6) is 11.5 Å². The highest BCUT2D eigenvalue weighted by Gasteiger charge is 2.56. The van der Waals surface area contributed by atoms with E-state index in [0.29, 0.717) is 61.4 Å². The lowest BCUT2D eigenvalue weighted by atomic mass is 9.77. The van der Waals surface area contributed by atoms with E-state index in [-0.39, 0.29) is 36.0 Å². The molecule has 0 aromatic heterocycles. The molecule has 3 N–H and O–H groups in total. The average Bonchev–Trinajstić information content (AvgIpc) is 3.77. The van der Waals surface area contributed by atoms with E-state index in [0.717, 1.165) is 44.2 Å². The zero-order valence-corrected chi connectivity index (χ0v) is 27.2. The fraction of sp³-hybridized carbons (Fsp3) is 0.571. The molecule has 10 heteroatoms. The fourth-order valence-electron chi connectivity index (χ4n) is 7.42. The van der Waals surface area contributed by atoms with E-state index in [2.05, 4.69) is 22.5 Å². The number of ether oxygens (including phenoxy) is 1. The normalized spacial score (nSPS) is 25.7. The Hall–Kier alpha value is -3.14. The van der Waals surface area contributed by atoms with Crippen LogP contribution in [0, 0.1) is 17.8 Å². The lowest BCUT2D eigenvalue weighted by Gasteiger charge is -2.52. The first-order valence-corrected chi connectivity index (χ1v) is 16.4. The van der Waals surface area contributed by atoms with Crippen LogP contribution < -0.4 is 15.4 Å². The molecule has 2 saturated carbocycles. The standard InChI is InChI=1S/C35H46N4O5.ClH/c1-23-20-27(23)22-39-33(42)30(31(40)25-6-4-3-5-7-25)37-34(43)35(39)16-18-38(19-17-35)21-24-8-12-28(13-9-24)44-29-14-10-26(11-15-29)32(41)36-2;/h8-15,23,25,27,30-31,40H,3-7,16-22H2,1-2H3,(H,36,41)(H,37,43);1H/t23-,27+,30-,31-;/m1./s1. The van der Waals surface area contributed by atoms with Crippen molar-refractivity contribution in [1.82, 2.24) is 20.4 Å². The summed E-state index contributed by atoms with van der Waals surface area (Å²) >= 11 is 0. The minimum absolute atomic E-state index is 0. The number of carbonyl (C=O) groups is 3. The van der Waals surface area contributed by atoms with Crippen molar-refractivity contribution in [2.45, 2.75) is 82.5 Å². The number of benzene rings is 2. The zero-order chi connectivity index (χ0) is 30.8. The molecule has 2 heterocycles. The van der Waals surface area contributed by atoms with Crippen molar-refractivity contribution in [3.63, 3.8) is 0 Å². The van der Waals surface area contributed by atoms with Crippen LogP contribution in [0.25, 0.3) is 0 Å². The Bertz CT molecular complexity index is 1340. The van der Waals surface area contributed by atoms with E-state index in [4.69, 9.17) is 4.74 Å². The van der Waals surface area contributed by atoms with Crippen LogP contribution in [0.3, 0.4) is 0 Å². The number of aliphatic hydroxyl groups excluding tert-OH is 1. The first kappa shape index (κ1) is 33.2.